The molecule has 5 aliphatic carbocycles. The van der Waals surface area contributed by atoms with Gasteiger partial charge in [0.25, 0.3) is 0 Å². The number of aliphatic hydroxyl groups excluding tert-OH is 1. The molecule has 130 valence electrons. The van der Waals surface area contributed by atoms with Crippen molar-refractivity contribution < 1.29 is 19.4 Å². The van der Waals surface area contributed by atoms with Crippen LogP contribution in [0.1, 0.15) is 51.9 Å². The summed E-state index contributed by atoms with van der Waals surface area (Å²) in [6, 6.07) is 0. The molecule has 7 bridgehead atoms. The van der Waals surface area contributed by atoms with Crippen molar-refractivity contribution in [2.24, 2.45) is 34.0 Å². The Balaban J connectivity index is 1.57. The molecule has 5 saturated carbocycles. The van der Waals surface area contributed by atoms with Gasteiger partial charge in [0.15, 0.2) is 0 Å². The monoisotopic (exact) mass is 330 g/mol. The minimum Gasteiger partial charge on any atom is -0.435 e. The molecule has 2 spiro atoms. The van der Waals surface area contributed by atoms with E-state index in [1.807, 2.05) is 0 Å². The predicted octanol–water partition coefficient (Wildman–Crippen LogP) is 2.80. The van der Waals surface area contributed by atoms with Gasteiger partial charge in [-0.1, -0.05) is 13.0 Å². The predicted molar refractivity (Wildman–Crippen MR) is 85.7 cm³/mol. The molecule has 8 rings (SSSR count). The zero-order valence-corrected chi connectivity index (χ0v) is 14.3. The Hall–Kier alpha value is -0.870. The fourth-order valence-electron chi connectivity index (χ4n) is 8.29. The van der Waals surface area contributed by atoms with E-state index in [2.05, 4.69) is 13.5 Å². The number of carbonyl (C=O) groups is 1. The average Bonchev–Trinajstić information content (AvgIpc) is 2.58. The lowest BCUT2D eigenvalue weighted by Gasteiger charge is -2.77. The maximum Gasteiger partial charge on any atom is 0.314 e. The molecule has 8 aliphatic rings. The highest BCUT2D eigenvalue weighted by Gasteiger charge is 2.80. The SMILES string of the molecule is C=C1[C@H]2CC[C@]3([C@H](C2)[C@@]24CCC[C@@]5(C)C(=O)O[C@@H]2O[C@@H]3C[C@H]45)[C@H]1O. The Bertz CT molecular complexity index is 673. The van der Waals surface area contributed by atoms with Crippen LogP contribution in [0, 0.1) is 34.0 Å². The molecule has 0 amide bonds. The molecule has 9 atom stereocenters. The summed E-state index contributed by atoms with van der Waals surface area (Å²) in [7, 11) is 0. The molecule has 3 aliphatic heterocycles. The number of esters is 1. The van der Waals surface area contributed by atoms with E-state index in [1.54, 1.807) is 0 Å². The smallest absolute Gasteiger partial charge is 0.314 e. The van der Waals surface area contributed by atoms with Gasteiger partial charge in [0, 0.05) is 10.8 Å². The lowest BCUT2D eigenvalue weighted by molar-refractivity contribution is -0.416. The number of carbonyl (C=O) groups excluding carboxylic acids is 1. The topological polar surface area (TPSA) is 55.8 Å². The lowest BCUT2D eigenvalue weighted by Crippen LogP contribution is -2.80. The Kier molecular flexibility index (Phi) is 2.35. The first-order valence-electron chi connectivity index (χ1n) is 9.68. The molecule has 0 radical (unpaired) electrons. The largest absolute Gasteiger partial charge is 0.435 e. The van der Waals surface area contributed by atoms with Crippen LogP contribution in [0.4, 0.5) is 0 Å². The summed E-state index contributed by atoms with van der Waals surface area (Å²) < 4.78 is 12.3. The average molecular weight is 330 g/mol. The van der Waals surface area contributed by atoms with Crippen molar-refractivity contribution in [2.45, 2.75) is 70.4 Å². The second-order valence-electron chi connectivity index (χ2n) is 9.65. The van der Waals surface area contributed by atoms with E-state index in [9.17, 15) is 9.90 Å². The first-order valence-corrected chi connectivity index (χ1v) is 9.68. The van der Waals surface area contributed by atoms with Crippen molar-refractivity contribution in [3.63, 3.8) is 0 Å². The summed E-state index contributed by atoms with van der Waals surface area (Å²) in [5, 5.41) is 11.2. The van der Waals surface area contributed by atoms with Gasteiger partial charge < -0.3 is 14.6 Å². The molecule has 4 nitrogen and oxygen atoms in total. The van der Waals surface area contributed by atoms with Crippen LogP contribution in [-0.2, 0) is 14.3 Å². The normalized spacial score (nSPS) is 63.1. The number of hydrogen-bond acceptors (Lipinski definition) is 4. The molecule has 8 fully saturated rings. The number of hydrogen-bond donors (Lipinski definition) is 1. The van der Waals surface area contributed by atoms with Gasteiger partial charge in [-0.2, -0.15) is 0 Å². The molecule has 24 heavy (non-hydrogen) atoms. The Labute approximate surface area is 142 Å². The zero-order chi connectivity index (χ0) is 16.5. The highest BCUT2D eigenvalue weighted by atomic mass is 16.7. The summed E-state index contributed by atoms with van der Waals surface area (Å²) in [6.07, 6.45) is 6.47. The van der Waals surface area contributed by atoms with E-state index in [-0.39, 0.29) is 34.6 Å². The minimum absolute atomic E-state index is 0.0119. The summed E-state index contributed by atoms with van der Waals surface area (Å²) >= 11 is 0. The maximum absolute atomic E-state index is 12.7. The van der Waals surface area contributed by atoms with Crippen molar-refractivity contribution in [1.29, 1.82) is 0 Å². The Morgan fingerprint density at radius 3 is 2.83 bits per heavy atom. The Morgan fingerprint density at radius 2 is 2.00 bits per heavy atom. The van der Waals surface area contributed by atoms with E-state index in [0.29, 0.717) is 17.8 Å². The molecule has 0 aromatic carbocycles. The van der Waals surface area contributed by atoms with Crippen LogP contribution in [0.3, 0.4) is 0 Å². The molecule has 0 aromatic heterocycles. The number of rotatable bonds is 0. The Morgan fingerprint density at radius 1 is 1.17 bits per heavy atom. The maximum atomic E-state index is 12.7. The molecule has 3 saturated heterocycles. The summed E-state index contributed by atoms with van der Waals surface area (Å²) in [5.41, 5.74) is 0.430. The molecule has 0 aromatic rings. The van der Waals surface area contributed by atoms with Gasteiger partial charge in [0.1, 0.15) is 0 Å². The minimum atomic E-state index is -0.443. The summed E-state index contributed by atoms with van der Waals surface area (Å²) in [4.78, 5) is 12.7. The van der Waals surface area contributed by atoms with Gasteiger partial charge in [-0.15, -0.1) is 0 Å². The van der Waals surface area contributed by atoms with E-state index in [4.69, 9.17) is 9.47 Å². The van der Waals surface area contributed by atoms with Crippen molar-refractivity contribution >= 4 is 5.97 Å². The van der Waals surface area contributed by atoms with Gasteiger partial charge in [0.05, 0.1) is 17.6 Å². The van der Waals surface area contributed by atoms with Crippen molar-refractivity contribution in [1.82, 2.24) is 0 Å². The van der Waals surface area contributed by atoms with Crippen LogP contribution >= 0.6 is 0 Å². The van der Waals surface area contributed by atoms with Crippen LogP contribution in [0.25, 0.3) is 0 Å². The highest BCUT2D eigenvalue weighted by molar-refractivity contribution is 5.78. The summed E-state index contributed by atoms with van der Waals surface area (Å²) in [5.74, 6) is 1.16. The van der Waals surface area contributed by atoms with E-state index >= 15 is 0 Å². The zero-order valence-electron chi connectivity index (χ0n) is 14.3. The van der Waals surface area contributed by atoms with E-state index < -0.39 is 6.10 Å². The third-order valence-electron chi connectivity index (χ3n) is 9.31. The first-order chi connectivity index (χ1) is 11.4. The second-order valence-corrected chi connectivity index (χ2v) is 9.65. The molecule has 1 N–H and O–H groups in total. The third-order valence-corrected chi connectivity index (χ3v) is 9.31. The van der Waals surface area contributed by atoms with Gasteiger partial charge in [-0.25, -0.2) is 0 Å². The molecular weight excluding hydrogens is 304 g/mol. The van der Waals surface area contributed by atoms with Gasteiger partial charge >= 0.3 is 5.97 Å². The first kappa shape index (κ1) is 14.3. The van der Waals surface area contributed by atoms with Gasteiger partial charge in [-0.05, 0) is 68.8 Å². The molecule has 0 unspecified atom stereocenters. The van der Waals surface area contributed by atoms with Crippen LogP contribution < -0.4 is 0 Å². The van der Waals surface area contributed by atoms with E-state index in [0.717, 1.165) is 50.5 Å². The van der Waals surface area contributed by atoms with Crippen LogP contribution in [0.2, 0.25) is 0 Å². The third kappa shape index (κ3) is 1.18. The van der Waals surface area contributed by atoms with Crippen LogP contribution in [0.15, 0.2) is 12.2 Å². The van der Waals surface area contributed by atoms with Crippen LogP contribution in [0.5, 0.6) is 0 Å². The highest BCUT2D eigenvalue weighted by Crippen LogP contribution is 2.77. The standard InChI is InChI=1S/C20H26O4/c1-10-11-4-7-20(15(10)21)13(8-11)19-6-3-5-18(2)12(19)9-14(20)23-17(19)24-16(18)22/h11-15,17,21H,1,3-9H2,2H3/t11-,12-,13+,14+,15-,17-,18+,19-,20+/m0/s1. The molecule has 3 heterocycles. The van der Waals surface area contributed by atoms with Crippen molar-refractivity contribution in [2.75, 3.05) is 0 Å². The van der Waals surface area contributed by atoms with Crippen LogP contribution in [-0.4, -0.2) is 29.6 Å². The van der Waals surface area contributed by atoms with Gasteiger partial charge in [0.2, 0.25) is 6.29 Å². The summed E-state index contributed by atoms with van der Waals surface area (Å²) in [6.45, 7) is 6.36. The van der Waals surface area contributed by atoms with Crippen molar-refractivity contribution in [3.8, 4) is 0 Å². The fraction of sp³-hybridized carbons (Fsp3) is 0.850. The number of aliphatic hydroxyl groups is 1. The van der Waals surface area contributed by atoms with Crippen molar-refractivity contribution in [3.05, 3.63) is 12.2 Å². The second kappa shape index (κ2) is 3.93. The number of fused-ring (bicyclic) bond motifs is 2. The molecular formula is C20H26O4. The van der Waals surface area contributed by atoms with Gasteiger partial charge in [-0.3, -0.25) is 4.79 Å². The lowest BCUT2D eigenvalue weighted by atomic mass is 9.33. The number of ether oxygens (including phenoxy) is 2. The molecule has 4 heteroatoms. The quantitative estimate of drug-likeness (QED) is 0.548. The van der Waals surface area contributed by atoms with E-state index in [1.165, 1.54) is 0 Å². The fourth-order valence-corrected chi connectivity index (χ4v) is 8.29.